The van der Waals surface area contributed by atoms with Crippen LogP contribution in [0.3, 0.4) is 0 Å². The Labute approximate surface area is 382 Å². The van der Waals surface area contributed by atoms with Gasteiger partial charge in [0.05, 0.1) is 17.8 Å². The van der Waals surface area contributed by atoms with Crippen LogP contribution < -0.4 is 0 Å². The SMILES string of the molecule is CC1CC(C)C(C(F)(F)F)C1.CC1CC(C)CC(C(F)(F)F)C1.CC1CCC(C)C1C.CC1CCCC(C(F)(F)F)C1C.CCC(C)(C)C.CCCC(C)(C)C.[2H]C([2H])(C)C(C)(C)C. The van der Waals surface area contributed by atoms with E-state index in [1.807, 2.05) is 48.5 Å². The number of hydrogen-bond donors (Lipinski definition) is 0. The minimum atomic E-state index is -3.98. The van der Waals surface area contributed by atoms with Gasteiger partial charge in [-0.2, -0.15) is 39.5 Å². The Morgan fingerprint density at radius 1 is 0.419 bits per heavy atom. The molecule has 4 rings (SSSR count). The first-order chi connectivity index (χ1) is 28.3. The number of rotatable bonds is 1. The van der Waals surface area contributed by atoms with Crippen molar-refractivity contribution in [2.24, 2.45) is 87.3 Å². The average molecular weight is 913 g/mol. The van der Waals surface area contributed by atoms with Crippen LogP contribution in [0.5, 0.6) is 0 Å². The lowest BCUT2D eigenvalue weighted by Crippen LogP contribution is -2.35. The number of alkyl halides is 9. The van der Waals surface area contributed by atoms with Crippen LogP contribution >= 0.6 is 0 Å². The first-order valence-corrected chi connectivity index (χ1v) is 24.5. The van der Waals surface area contributed by atoms with Crippen LogP contribution in [0.1, 0.15) is 238 Å². The Hall–Kier alpha value is -0.630. The molecule has 4 aliphatic rings. The zero-order chi connectivity index (χ0) is 51.6. The molecule has 0 bridgehead atoms. The molecule has 4 saturated carbocycles. The molecule has 4 fully saturated rings. The Balaban J connectivity index is -0.000000688. The molecule has 378 valence electrons. The van der Waals surface area contributed by atoms with E-state index in [1.165, 1.54) is 32.1 Å². The summed E-state index contributed by atoms with van der Waals surface area (Å²) in [5.74, 6) is 0.395. The van der Waals surface area contributed by atoms with Crippen LogP contribution in [0.15, 0.2) is 0 Å². The number of halogens is 9. The van der Waals surface area contributed by atoms with Gasteiger partial charge in [0.25, 0.3) is 0 Å². The topological polar surface area (TPSA) is 0 Å². The first-order valence-electron chi connectivity index (χ1n) is 25.5. The molecule has 0 saturated heterocycles. The van der Waals surface area contributed by atoms with E-state index in [1.54, 1.807) is 20.8 Å². The first kappa shape index (κ1) is 61.4. The second-order valence-electron chi connectivity index (χ2n) is 23.9. The van der Waals surface area contributed by atoms with Gasteiger partial charge in [-0.3, -0.25) is 0 Å². The van der Waals surface area contributed by atoms with Crippen molar-refractivity contribution >= 4 is 0 Å². The maximum Gasteiger partial charge on any atom is 0.392 e. The molecule has 0 N–H and O–H groups in total. The van der Waals surface area contributed by atoms with Crippen LogP contribution in [0.4, 0.5) is 39.5 Å². The summed E-state index contributed by atoms with van der Waals surface area (Å²) in [5.41, 5.74) is 0.863. The standard InChI is InChI=1S/2C9H15F3.C8H13F3.C8H16.C7H16.2C6H14/c1-6-3-7(2)5-8(4-6)9(10,11)12;1-6-4-3-5-8(7(6)2)9(10,11)12;1-5-3-6(2)7(4-5)8(9,10)11;1-6-4-5-7(2)8(6)3;1-5-6-7(2,3)4;2*1-5-6(2,3)4/h2*6-8H,3-5H2,1-2H3;5-7H,3-4H2,1-2H3;6-8H,4-5H2,1-3H3;5-6H2,1-4H3;2*5H2,1-4H3/i;;;;;5D2;. The molecule has 10 unspecified atom stereocenters. The van der Waals surface area contributed by atoms with Crippen molar-refractivity contribution < 1.29 is 42.3 Å². The van der Waals surface area contributed by atoms with Crippen molar-refractivity contribution in [1.82, 2.24) is 0 Å². The zero-order valence-corrected chi connectivity index (χ0v) is 44.0. The van der Waals surface area contributed by atoms with Gasteiger partial charge >= 0.3 is 18.5 Å². The molecule has 0 spiro atoms. The molecule has 0 aromatic heterocycles. The van der Waals surface area contributed by atoms with Crippen molar-refractivity contribution in [3.63, 3.8) is 0 Å². The van der Waals surface area contributed by atoms with Gasteiger partial charge in [-0.15, -0.1) is 0 Å². The Morgan fingerprint density at radius 2 is 0.790 bits per heavy atom. The van der Waals surface area contributed by atoms with E-state index >= 15 is 0 Å². The molecular formula is C53H103F9. The van der Waals surface area contributed by atoms with Gasteiger partial charge in [-0.1, -0.05) is 190 Å². The molecule has 62 heavy (non-hydrogen) atoms. The average Bonchev–Trinajstić information content (AvgIpc) is 3.59. The highest BCUT2D eigenvalue weighted by Crippen LogP contribution is 2.46. The summed E-state index contributed by atoms with van der Waals surface area (Å²) in [6.45, 7) is 43.4. The molecule has 0 aromatic carbocycles. The van der Waals surface area contributed by atoms with Crippen LogP contribution in [0, 0.1) is 87.3 Å². The molecule has 0 aromatic rings. The second kappa shape index (κ2) is 29.2. The minimum absolute atomic E-state index is 0.176. The van der Waals surface area contributed by atoms with Crippen molar-refractivity contribution in [2.75, 3.05) is 0 Å². The normalized spacial score (nSPS) is 32.4. The Bertz CT molecular complexity index is 1140. The highest BCUT2D eigenvalue weighted by molar-refractivity contribution is 4.84. The van der Waals surface area contributed by atoms with E-state index in [-0.39, 0.29) is 40.9 Å². The van der Waals surface area contributed by atoms with Gasteiger partial charge in [0.15, 0.2) is 0 Å². The van der Waals surface area contributed by atoms with Gasteiger partial charge in [-0.25, -0.2) is 0 Å². The molecule has 4 aliphatic carbocycles. The fraction of sp³-hybridized carbons (Fsp3) is 1.00. The third-order valence-electron chi connectivity index (χ3n) is 14.0. The predicted molar refractivity (Wildman–Crippen MR) is 251 cm³/mol. The fourth-order valence-corrected chi connectivity index (χ4v) is 8.64. The predicted octanol–water partition coefficient (Wildman–Crippen LogP) is 20.9. The maximum atomic E-state index is 12.4. The summed E-state index contributed by atoms with van der Waals surface area (Å²) in [4.78, 5) is 0. The van der Waals surface area contributed by atoms with Gasteiger partial charge in [0.1, 0.15) is 0 Å². The van der Waals surface area contributed by atoms with Crippen molar-refractivity contribution in [2.45, 2.75) is 254 Å². The van der Waals surface area contributed by atoms with Crippen LogP contribution in [-0.4, -0.2) is 18.5 Å². The Morgan fingerprint density at radius 3 is 0.984 bits per heavy atom. The summed E-state index contributed by atoms with van der Waals surface area (Å²) in [5, 5.41) is 0. The second-order valence-corrected chi connectivity index (χ2v) is 23.9. The number of hydrogen-bond acceptors (Lipinski definition) is 0. The molecule has 0 aliphatic heterocycles. The fourth-order valence-electron chi connectivity index (χ4n) is 8.64. The van der Waals surface area contributed by atoms with Gasteiger partial charge in [-0.05, 0) is 114 Å². The maximum absolute atomic E-state index is 12.4. The monoisotopic (exact) mass is 913 g/mol. The Kier molecular flexibility index (Phi) is 28.9. The van der Waals surface area contributed by atoms with Gasteiger partial charge in [0.2, 0.25) is 0 Å². The highest BCUT2D eigenvalue weighted by Gasteiger charge is 2.47. The minimum Gasteiger partial charge on any atom is -0.171 e. The van der Waals surface area contributed by atoms with Gasteiger partial charge in [0, 0.05) is 2.74 Å². The summed E-state index contributed by atoms with van der Waals surface area (Å²) < 4.78 is 125. The van der Waals surface area contributed by atoms with E-state index < -0.39 is 42.7 Å². The lowest BCUT2D eigenvalue weighted by atomic mass is 9.73. The molecule has 9 heteroatoms. The van der Waals surface area contributed by atoms with Crippen LogP contribution in [0.25, 0.3) is 0 Å². The van der Waals surface area contributed by atoms with Crippen molar-refractivity contribution in [3.05, 3.63) is 0 Å². The third-order valence-corrected chi connectivity index (χ3v) is 14.0. The molecular weight excluding hydrogens is 808 g/mol. The van der Waals surface area contributed by atoms with Crippen LogP contribution in [-0.2, 0) is 0 Å². The summed E-state index contributed by atoms with van der Waals surface area (Å²) in [6, 6.07) is 0. The van der Waals surface area contributed by atoms with Gasteiger partial charge < -0.3 is 0 Å². The highest BCUT2D eigenvalue weighted by atomic mass is 19.4. The van der Waals surface area contributed by atoms with E-state index in [2.05, 4.69) is 76.2 Å². The smallest absolute Gasteiger partial charge is 0.171 e. The quantitative estimate of drug-likeness (QED) is 0.230. The van der Waals surface area contributed by atoms with Crippen LogP contribution in [0.2, 0.25) is 0 Å². The summed E-state index contributed by atoms with van der Waals surface area (Å²) in [7, 11) is 0. The molecule has 10 atom stereocenters. The zero-order valence-electron chi connectivity index (χ0n) is 46.0. The lowest BCUT2D eigenvalue weighted by molar-refractivity contribution is -0.199. The molecule has 0 heterocycles. The van der Waals surface area contributed by atoms with Crippen molar-refractivity contribution in [3.8, 4) is 0 Å². The largest absolute Gasteiger partial charge is 0.392 e. The van der Waals surface area contributed by atoms with Crippen molar-refractivity contribution in [1.29, 1.82) is 0 Å². The molecule has 0 nitrogen and oxygen atoms in total. The van der Waals surface area contributed by atoms with E-state index in [9.17, 15) is 39.5 Å². The third kappa shape index (κ3) is 32.9. The van der Waals surface area contributed by atoms with E-state index in [0.29, 0.717) is 36.5 Å². The summed E-state index contributed by atoms with van der Waals surface area (Å²) >= 11 is 0. The van der Waals surface area contributed by atoms with E-state index in [0.717, 1.165) is 43.4 Å². The molecule has 0 radical (unpaired) electrons. The lowest BCUT2D eigenvalue weighted by Gasteiger charge is -2.35. The van der Waals surface area contributed by atoms with E-state index in [4.69, 9.17) is 2.74 Å². The summed E-state index contributed by atoms with van der Waals surface area (Å²) in [6.07, 6.45) is -1.47. The molecule has 0 amide bonds.